The third-order valence-corrected chi connectivity index (χ3v) is 8.01. The van der Waals surface area contributed by atoms with E-state index in [4.69, 9.17) is 0 Å². The Bertz CT molecular complexity index is 2110. The van der Waals surface area contributed by atoms with Crippen molar-refractivity contribution in [3.05, 3.63) is 101 Å². The van der Waals surface area contributed by atoms with Gasteiger partial charge in [0.05, 0.1) is 5.56 Å². The van der Waals surface area contributed by atoms with Crippen LogP contribution in [0, 0.1) is 0 Å². The third kappa shape index (κ3) is 4.50. The quantitative estimate of drug-likeness (QED) is 0.107. The standard InChI is InChI=1S/C38H32O5/c1-3-10-27-28(11-4-2)32(33-34(39)36(41)38(43)37(42)35(33)40)30-16-8-7-15-29(30)31(27)24-20-18-23(19-21-24)26-17-9-13-22-12-5-6-14-25(22)26/h5-21,39-43H,3-4H2,1-2H3/b27-10+,28-11+. The van der Waals surface area contributed by atoms with Crippen molar-refractivity contribution >= 4 is 33.7 Å². The molecule has 6 rings (SSSR count). The van der Waals surface area contributed by atoms with Gasteiger partial charge in [-0.25, -0.2) is 0 Å². The van der Waals surface area contributed by atoms with Crippen LogP contribution < -0.4 is 10.4 Å². The summed E-state index contributed by atoms with van der Waals surface area (Å²) >= 11 is 0. The molecule has 0 aliphatic carbocycles. The summed E-state index contributed by atoms with van der Waals surface area (Å²) in [6.45, 7) is 4.05. The van der Waals surface area contributed by atoms with Crippen LogP contribution >= 0.6 is 0 Å². The van der Waals surface area contributed by atoms with Crippen molar-refractivity contribution in [2.75, 3.05) is 0 Å². The smallest absolute Gasteiger partial charge is 0.208 e. The first-order chi connectivity index (χ1) is 20.9. The van der Waals surface area contributed by atoms with Crippen LogP contribution in [0.3, 0.4) is 0 Å². The normalized spacial score (nSPS) is 12.4. The van der Waals surface area contributed by atoms with E-state index in [1.54, 1.807) is 0 Å². The van der Waals surface area contributed by atoms with Gasteiger partial charge in [0, 0.05) is 5.56 Å². The van der Waals surface area contributed by atoms with Crippen LogP contribution in [-0.2, 0) is 0 Å². The first-order valence-corrected chi connectivity index (χ1v) is 14.4. The zero-order valence-corrected chi connectivity index (χ0v) is 24.0. The van der Waals surface area contributed by atoms with Gasteiger partial charge in [0.25, 0.3) is 0 Å². The minimum absolute atomic E-state index is 0.146. The Morgan fingerprint density at radius 3 is 1.51 bits per heavy atom. The van der Waals surface area contributed by atoms with Gasteiger partial charge >= 0.3 is 0 Å². The first-order valence-electron chi connectivity index (χ1n) is 14.4. The Labute approximate surface area is 249 Å². The van der Waals surface area contributed by atoms with Gasteiger partial charge in [0.15, 0.2) is 11.5 Å². The van der Waals surface area contributed by atoms with Crippen LogP contribution in [0.1, 0.15) is 26.7 Å². The van der Waals surface area contributed by atoms with Crippen LogP contribution in [0.5, 0.6) is 28.7 Å². The van der Waals surface area contributed by atoms with Crippen molar-refractivity contribution in [3.8, 4) is 62.1 Å². The second kappa shape index (κ2) is 11.1. The Morgan fingerprint density at radius 2 is 0.907 bits per heavy atom. The summed E-state index contributed by atoms with van der Waals surface area (Å²) in [4.78, 5) is 0. The molecule has 0 radical (unpaired) electrons. The molecular weight excluding hydrogens is 536 g/mol. The summed E-state index contributed by atoms with van der Waals surface area (Å²) in [7, 11) is 0. The lowest BCUT2D eigenvalue weighted by Gasteiger charge is -2.19. The highest BCUT2D eigenvalue weighted by Gasteiger charge is 2.27. The predicted octanol–water partition coefficient (Wildman–Crippen LogP) is 7.90. The molecule has 0 bridgehead atoms. The molecule has 214 valence electrons. The third-order valence-electron chi connectivity index (χ3n) is 8.01. The van der Waals surface area contributed by atoms with Gasteiger partial charge in [-0.2, -0.15) is 0 Å². The van der Waals surface area contributed by atoms with E-state index in [2.05, 4.69) is 66.7 Å². The average Bonchev–Trinajstić information content (AvgIpc) is 3.04. The van der Waals surface area contributed by atoms with E-state index in [0.29, 0.717) is 23.8 Å². The molecule has 0 aromatic heterocycles. The molecule has 0 atom stereocenters. The van der Waals surface area contributed by atoms with Crippen molar-refractivity contribution in [1.82, 2.24) is 0 Å². The molecule has 6 aromatic rings. The number of benzene rings is 6. The number of phenols is 5. The monoisotopic (exact) mass is 568 g/mol. The molecule has 0 saturated carbocycles. The summed E-state index contributed by atoms with van der Waals surface area (Å²) in [5.74, 6) is -4.19. The van der Waals surface area contributed by atoms with Crippen molar-refractivity contribution in [1.29, 1.82) is 0 Å². The average molecular weight is 569 g/mol. The van der Waals surface area contributed by atoms with Crippen molar-refractivity contribution < 1.29 is 25.5 Å². The van der Waals surface area contributed by atoms with Crippen LogP contribution in [0.15, 0.2) is 91.0 Å². The van der Waals surface area contributed by atoms with Gasteiger partial charge in [0.1, 0.15) is 0 Å². The van der Waals surface area contributed by atoms with E-state index in [0.717, 1.165) is 38.1 Å². The summed E-state index contributed by atoms with van der Waals surface area (Å²) in [6, 6.07) is 30.8. The van der Waals surface area contributed by atoms with E-state index < -0.39 is 28.7 Å². The maximum absolute atomic E-state index is 11.0. The molecule has 0 aliphatic heterocycles. The second-order valence-electron chi connectivity index (χ2n) is 10.6. The highest BCUT2D eigenvalue weighted by atomic mass is 16.4. The fourth-order valence-corrected chi connectivity index (χ4v) is 6.11. The zero-order chi connectivity index (χ0) is 30.2. The van der Waals surface area contributed by atoms with E-state index in [1.807, 2.05) is 50.3 Å². The zero-order valence-electron chi connectivity index (χ0n) is 24.0. The molecule has 0 amide bonds. The summed E-state index contributed by atoms with van der Waals surface area (Å²) < 4.78 is 0. The lowest BCUT2D eigenvalue weighted by Crippen LogP contribution is -2.30. The Hall–Kier alpha value is -5.42. The topological polar surface area (TPSA) is 101 Å². The van der Waals surface area contributed by atoms with Gasteiger partial charge in [-0.05, 0) is 67.1 Å². The number of aromatic hydroxyl groups is 5. The van der Waals surface area contributed by atoms with Gasteiger partial charge in [-0.15, -0.1) is 0 Å². The number of fused-ring (bicyclic) bond motifs is 2. The minimum Gasteiger partial charge on any atom is -0.504 e. The summed E-state index contributed by atoms with van der Waals surface area (Å²) in [5, 5.41) is 58.6. The van der Waals surface area contributed by atoms with Gasteiger partial charge in [-0.1, -0.05) is 117 Å². The Kier molecular flexibility index (Phi) is 7.16. The molecule has 0 fully saturated rings. The van der Waals surface area contributed by atoms with Crippen LogP contribution in [0.25, 0.3) is 67.1 Å². The number of rotatable bonds is 5. The molecule has 0 spiro atoms. The van der Waals surface area contributed by atoms with Crippen LogP contribution in [-0.4, -0.2) is 25.5 Å². The molecule has 0 aliphatic rings. The van der Waals surface area contributed by atoms with Gasteiger partial charge in [-0.3, -0.25) is 0 Å². The molecular formula is C38H32O5. The van der Waals surface area contributed by atoms with Gasteiger partial charge in [0.2, 0.25) is 17.2 Å². The lowest BCUT2D eigenvalue weighted by atomic mass is 9.86. The number of hydrogen-bond donors (Lipinski definition) is 5. The predicted molar refractivity (Wildman–Crippen MR) is 175 cm³/mol. The van der Waals surface area contributed by atoms with E-state index in [1.165, 1.54) is 10.8 Å². The largest absolute Gasteiger partial charge is 0.504 e. The van der Waals surface area contributed by atoms with Crippen LogP contribution in [0.2, 0.25) is 0 Å². The molecule has 43 heavy (non-hydrogen) atoms. The number of phenolic OH excluding ortho intramolecular Hbond substituents is 5. The molecule has 5 nitrogen and oxygen atoms in total. The maximum atomic E-state index is 11.0. The molecule has 6 aromatic carbocycles. The molecule has 0 saturated heterocycles. The van der Waals surface area contributed by atoms with Gasteiger partial charge < -0.3 is 25.5 Å². The van der Waals surface area contributed by atoms with E-state index in [-0.39, 0.29) is 5.56 Å². The first kappa shape index (κ1) is 27.7. The minimum atomic E-state index is -0.979. The summed E-state index contributed by atoms with van der Waals surface area (Å²) in [6.07, 6.45) is 5.48. The summed E-state index contributed by atoms with van der Waals surface area (Å²) in [5.41, 5.74) is 4.57. The fourth-order valence-electron chi connectivity index (χ4n) is 6.11. The highest BCUT2D eigenvalue weighted by Crippen LogP contribution is 2.55. The highest BCUT2D eigenvalue weighted by molar-refractivity contribution is 6.08. The molecule has 5 heteroatoms. The lowest BCUT2D eigenvalue weighted by molar-refractivity contribution is 0.330. The Morgan fingerprint density at radius 1 is 0.442 bits per heavy atom. The Balaban J connectivity index is 1.69. The maximum Gasteiger partial charge on any atom is 0.208 e. The molecule has 0 unspecified atom stereocenters. The van der Waals surface area contributed by atoms with Crippen LogP contribution in [0.4, 0.5) is 0 Å². The van der Waals surface area contributed by atoms with Crippen molar-refractivity contribution in [3.63, 3.8) is 0 Å². The fraction of sp³-hybridized carbons (Fsp3) is 0.105. The van der Waals surface area contributed by atoms with Crippen molar-refractivity contribution in [2.45, 2.75) is 26.7 Å². The van der Waals surface area contributed by atoms with Crippen molar-refractivity contribution in [2.24, 2.45) is 0 Å². The SMILES string of the molecule is CC/C=c1/c(-c2ccc(-c3cccc4ccccc34)cc2)c2ccccc2c(-c2c(O)c(O)c(O)c(O)c2O)/c1=C/CC. The van der Waals surface area contributed by atoms with E-state index in [9.17, 15) is 25.5 Å². The molecule has 5 N–H and O–H groups in total. The van der Waals surface area contributed by atoms with E-state index >= 15 is 0 Å². The molecule has 0 heterocycles. The number of hydrogen-bond acceptors (Lipinski definition) is 5. The second-order valence-corrected chi connectivity index (χ2v) is 10.6.